The molecule has 0 saturated carbocycles. The van der Waals surface area contributed by atoms with E-state index in [9.17, 15) is 0 Å². The lowest BCUT2D eigenvalue weighted by molar-refractivity contribution is 1.48. The highest BCUT2D eigenvalue weighted by Gasteiger charge is 2.08. The van der Waals surface area contributed by atoms with Crippen molar-refractivity contribution in [1.29, 1.82) is 0 Å². The van der Waals surface area contributed by atoms with Crippen LogP contribution in [0.3, 0.4) is 0 Å². The first-order valence-electron chi connectivity index (χ1n) is 8.77. The van der Waals surface area contributed by atoms with Gasteiger partial charge in [-0.25, -0.2) is 0 Å². The smallest absolute Gasteiger partial charge is 0.0148 e. The van der Waals surface area contributed by atoms with E-state index in [2.05, 4.69) is 85.6 Å². The molecule has 0 unspecified atom stereocenters. The molecule has 0 aliphatic rings. The molecule has 0 N–H and O–H groups in total. The number of benzene rings is 5. The molecule has 1 heteroatoms. The summed E-state index contributed by atoms with van der Waals surface area (Å²) in [7, 11) is 0. The van der Waals surface area contributed by atoms with Crippen LogP contribution in [0.15, 0.2) is 84.3 Å². The van der Waals surface area contributed by atoms with E-state index >= 15 is 0 Å². The molecular weight excluding hydrogens is 332 g/mol. The van der Waals surface area contributed by atoms with Gasteiger partial charge in [-0.05, 0) is 79.2 Å². The Morgan fingerprint density at radius 1 is 0.654 bits per heavy atom. The fourth-order valence-corrected chi connectivity index (χ4v) is 4.57. The summed E-state index contributed by atoms with van der Waals surface area (Å²) < 4.78 is 0. The van der Waals surface area contributed by atoms with Gasteiger partial charge >= 0.3 is 0 Å². The Balaban J connectivity index is 1.93. The zero-order chi connectivity index (χ0) is 17.7. The summed E-state index contributed by atoms with van der Waals surface area (Å²) in [5.74, 6) is 0. The monoisotopic (exact) mass is 350 g/mol. The van der Waals surface area contributed by atoms with E-state index in [0.717, 1.165) is 0 Å². The van der Waals surface area contributed by atoms with Crippen molar-refractivity contribution in [3.8, 4) is 0 Å². The van der Waals surface area contributed by atoms with E-state index in [1.807, 2.05) is 6.08 Å². The molecule has 0 saturated heterocycles. The highest BCUT2D eigenvalue weighted by atomic mass is 32.2. The zero-order valence-corrected chi connectivity index (χ0v) is 15.4. The minimum Gasteiger partial charge on any atom is -0.129 e. The summed E-state index contributed by atoms with van der Waals surface area (Å²) in [4.78, 5) is 1.28. The molecule has 0 aliphatic carbocycles. The Morgan fingerprint density at radius 3 is 1.92 bits per heavy atom. The minimum absolute atomic E-state index is 1.20. The molecule has 0 fully saturated rings. The van der Waals surface area contributed by atoms with Crippen molar-refractivity contribution in [3.63, 3.8) is 0 Å². The van der Waals surface area contributed by atoms with Crippen molar-refractivity contribution in [2.75, 3.05) is 6.26 Å². The van der Waals surface area contributed by atoms with Gasteiger partial charge in [-0.3, -0.25) is 0 Å². The van der Waals surface area contributed by atoms with E-state index in [1.165, 1.54) is 53.5 Å². The lowest BCUT2D eigenvalue weighted by Gasteiger charge is -2.11. The van der Waals surface area contributed by atoms with Crippen LogP contribution in [-0.2, 0) is 0 Å². The van der Waals surface area contributed by atoms with E-state index in [4.69, 9.17) is 0 Å². The van der Waals surface area contributed by atoms with Gasteiger partial charge in [-0.15, -0.1) is 11.8 Å². The van der Waals surface area contributed by atoms with E-state index in [-0.39, 0.29) is 0 Å². The highest BCUT2D eigenvalue weighted by Crippen LogP contribution is 2.36. The Morgan fingerprint density at radius 2 is 1.27 bits per heavy atom. The molecule has 5 aromatic carbocycles. The molecule has 0 heterocycles. The Bertz CT molecular complexity index is 1330. The van der Waals surface area contributed by atoms with Gasteiger partial charge in [0.25, 0.3) is 0 Å². The number of hydrogen-bond donors (Lipinski definition) is 0. The highest BCUT2D eigenvalue weighted by molar-refractivity contribution is 7.98. The molecule has 0 spiro atoms. The second-order valence-corrected chi connectivity index (χ2v) is 7.51. The van der Waals surface area contributed by atoms with Crippen molar-refractivity contribution in [1.82, 2.24) is 0 Å². The normalized spacial score (nSPS) is 11.6. The fraction of sp³-hybridized carbons (Fsp3) is 0.0400. The Hall–Kier alpha value is -2.77. The molecule has 0 aromatic heterocycles. The molecule has 5 rings (SSSR count). The summed E-state index contributed by atoms with van der Waals surface area (Å²) in [6.07, 6.45) is 4.08. The summed E-state index contributed by atoms with van der Waals surface area (Å²) in [5, 5.41) is 10.4. The van der Waals surface area contributed by atoms with Gasteiger partial charge in [0.2, 0.25) is 0 Å². The molecular formula is C25H18S. The first-order chi connectivity index (χ1) is 12.8. The summed E-state index contributed by atoms with van der Waals surface area (Å²) in [6.45, 7) is 4.00. The minimum atomic E-state index is 1.20. The molecule has 0 amide bonds. The van der Waals surface area contributed by atoms with Crippen LogP contribution in [0.5, 0.6) is 0 Å². The van der Waals surface area contributed by atoms with Crippen LogP contribution in [0.25, 0.3) is 49.2 Å². The van der Waals surface area contributed by atoms with Crippen LogP contribution in [0, 0.1) is 0 Å². The average Bonchev–Trinajstić information content (AvgIpc) is 2.70. The van der Waals surface area contributed by atoms with Gasteiger partial charge in [-0.2, -0.15) is 0 Å². The van der Waals surface area contributed by atoms with Gasteiger partial charge < -0.3 is 0 Å². The predicted octanol–water partition coefficient (Wildman–Crippen LogP) is 7.66. The second-order valence-electron chi connectivity index (χ2n) is 6.67. The number of hydrogen-bond acceptors (Lipinski definition) is 1. The maximum absolute atomic E-state index is 4.00. The Labute approximate surface area is 157 Å². The van der Waals surface area contributed by atoms with E-state index in [0.29, 0.717) is 0 Å². The maximum Gasteiger partial charge on any atom is 0.0148 e. The first kappa shape index (κ1) is 15.5. The lowest BCUT2D eigenvalue weighted by Crippen LogP contribution is -1.85. The lowest BCUT2D eigenvalue weighted by atomic mass is 9.94. The molecule has 0 aliphatic heterocycles. The first-order valence-corrected chi connectivity index (χ1v) is 9.99. The molecule has 0 nitrogen and oxygen atoms in total. The van der Waals surface area contributed by atoms with Gasteiger partial charge in [0.1, 0.15) is 0 Å². The SMILES string of the molecule is C=Cc1cc2c(ccc3c4cc5ccccc5cc4ccc23)cc1SC. The van der Waals surface area contributed by atoms with E-state index in [1.54, 1.807) is 11.8 Å². The average molecular weight is 350 g/mol. The summed E-state index contributed by atoms with van der Waals surface area (Å²) in [5.41, 5.74) is 1.20. The van der Waals surface area contributed by atoms with Gasteiger partial charge in [0.15, 0.2) is 0 Å². The molecule has 26 heavy (non-hydrogen) atoms. The molecule has 0 atom stereocenters. The van der Waals surface area contributed by atoms with Crippen molar-refractivity contribution in [2.45, 2.75) is 4.90 Å². The summed E-state index contributed by atoms with van der Waals surface area (Å²) >= 11 is 1.77. The zero-order valence-electron chi connectivity index (χ0n) is 14.6. The molecule has 124 valence electrons. The van der Waals surface area contributed by atoms with Crippen molar-refractivity contribution < 1.29 is 0 Å². The van der Waals surface area contributed by atoms with Crippen molar-refractivity contribution >= 4 is 60.9 Å². The van der Waals surface area contributed by atoms with Crippen LogP contribution in [0.2, 0.25) is 0 Å². The van der Waals surface area contributed by atoms with Crippen LogP contribution < -0.4 is 0 Å². The maximum atomic E-state index is 4.00. The predicted molar refractivity (Wildman–Crippen MR) is 118 cm³/mol. The number of thioether (sulfide) groups is 1. The topological polar surface area (TPSA) is 0 Å². The van der Waals surface area contributed by atoms with Crippen molar-refractivity contribution in [3.05, 3.63) is 84.9 Å². The van der Waals surface area contributed by atoms with Crippen LogP contribution >= 0.6 is 11.8 Å². The third-order valence-corrected chi connectivity index (χ3v) is 6.06. The number of rotatable bonds is 2. The number of fused-ring (bicyclic) bond motifs is 6. The van der Waals surface area contributed by atoms with Gasteiger partial charge in [0.05, 0.1) is 0 Å². The summed E-state index contributed by atoms with van der Waals surface area (Å²) in [6, 6.07) is 26.8. The van der Waals surface area contributed by atoms with Gasteiger partial charge in [0, 0.05) is 4.90 Å². The molecule has 0 radical (unpaired) electrons. The molecule has 0 bridgehead atoms. The van der Waals surface area contributed by atoms with Crippen molar-refractivity contribution in [2.24, 2.45) is 0 Å². The third kappa shape index (κ3) is 2.24. The standard InChI is InChI=1S/C25H18S/c1-3-16-13-23-20(15-25(16)26-2)9-11-22-21(23)10-8-19-12-17-6-4-5-7-18(17)14-24(19)22/h3-15H,1H2,2H3. The second kappa shape index (κ2) is 5.89. The fourth-order valence-electron chi connectivity index (χ4n) is 3.94. The largest absolute Gasteiger partial charge is 0.129 e. The molecule has 5 aromatic rings. The van der Waals surface area contributed by atoms with Crippen LogP contribution in [-0.4, -0.2) is 6.26 Å². The quantitative estimate of drug-likeness (QED) is 0.179. The van der Waals surface area contributed by atoms with Crippen LogP contribution in [0.4, 0.5) is 0 Å². The van der Waals surface area contributed by atoms with Gasteiger partial charge in [-0.1, -0.05) is 61.2 Å². The third-order valence-electron chi connectivity index (χ3n) is 5.27. The van der Waals surface area contributed by atoms with Crippen LogP contribution in [0.1, 0.15) is 5.56 Å². The van der Waals surface area contributed by atoms with E-state index < -0.39 is 0 Å². The Kier molecular flexibility index (Phi) is 3.51.